The molecule has 0 bridgehead atoms. The lowest BCUT2D eigenvalue weighted by Crippen LogP contribution is -2.23. The number of benzene rings is 2. The Morgan fingerprint density at radius 2 is 1.82 bits per heavy atom. The fourth-order valence-electron chi connectivity index (χ4n) is 2.57. The maximum absolute atomic E-state index is 12.8. The molecule has 0 atom stereocenters. The SMILES string of the molecule is COc1ccc2c(c1OC)C(=O)N(c1ccc(Cl)c(Cl)c1)C2. The summed E-state index contributed by atoms with van der Waals surface area (Å²) in [6.07, 6.45) is 0. The molecule has 0 N–H and O–H groups in total. The summed E-state index contributed by atoms with van der Waals surface area (Å²) in [4.78, 5) is 14.4. The van der Waals surface area contributed by atoms with Crippen LogP contribution in [0.1, 0.15) is 15.9 Å². The largest absolute Gasteiger partial charge is 0.493 e. The van der Waals surface area contributed by atoms with Gasteiger partial charge in [-0.2, -0.15) is 0 Å². The van der Waals surface area contributed by atoms with Gasteiger partial charge in [0.2, 0.25) is 0 Å². The Bertz CT molecular complexity index is 761. The predicted molar refractivity (Wildman–Crippen MR) is 86.5 cm³/mol. The highest BCUT2D eigenvalue weighted by atomic mass is 35.5. The van der Waals surface area contributed by atoms with Gasteiger partial charge in [0.25, 0.3) is 5.91 Å². The van der Waals surface area contributed by atoms with Crippen molar-refractivity contribution in [2.75, 3.05) is 19.1 Å². The van der Waals surface area contributed by atoms with E-state index in [1.54, 1.807) is 36.3 Å². The smallest absolute Gasteiger partial charge is 0.262 e. The van der Waals surface area contributed by atoms with Crippen molar-refractivity contribution in [3.05, 3.63) is 51.5 Å². The Labute approximate surface area is 138 Å². The molecule has 0 unspecified atom stereocenters. The Balaban J connectivity index is 2.06. The average Bonchev–Trinajstić information content (AvgIpc) is 2.86. The van der Waals surface area contributed by atoms with E-state index in [1.807, 2.05) is 6.07 Å². The third-order valence-corrected chi connectivity index (χ3v) is 4.37. The fraction of sp³-hybridized carbons (Fsp3) is 0.188. The van der Waals surface area contributed by atoms with E-state index in [9.17, 15) is 4.79 Å². The van der Waals surface area contributed by atoms with E-state index in [1.165, 1.54) is 7.11 Å². The normalized spacial score (nSPS) is 13.3. The zero-order chi connectivity index (χ0) is 15.9. The molecule has 1 aliphatic rings. The van der Waals surface area contributed by atoms with Crippen molar-refractivity contribution in [2.24, 2.45) is 0 Å². The third kappa shape index (κ3) is 2.28. The average molecular weight is 338 g/mol. The van der Waals surface area contributed by atoms with Crippen LogP contribution in [-0.2, 0) is 6.54 Å². The Morgan fingerprint density at radius 1 is 1.05 bits per heavy atom. The number of hydrogen-bond acceptors (Lipinski definition) is 3. The van der Waals surface area contributed by atoms with Gasteiger partial charge in [0.15, 0.2) is 11.5 Å². The van der Waals surface area contributed by atoms with Crippen molar-refractivity contribution in [2.45, 2.75) is 6.54 Å². The maximum atomic E-state index is 12.8. The molecule has 2 aromatic rings. The van der Waals surface area contributed by atoms with E-state index >= 15 is 0 Å². The van der Waals surface area contributed by atoms with Crippen molar-refractivity contribution in [1.82, 2.24) is 0 Å². The van der Waals surface area contributed by atoms with Crippen LogP contribution in [0.5, 0.6) is 11.5 Å². The van der Waals surface area contributed by atoms with E-state index in [2.05, 4.69) is 0 Å². The summed E-state index contributed by atoms with van der Waals surface area (Å²) in [5.74, 6) is 0.835. The molecule has 0 aliphatic carbocycles. The van der Waals surface area contributed by atoms with Gasteiger partial charge in [-0.3, -0.25) is 4.79 Å². The van der Waals surface area contributed by atoms with Crippen LogP contribution in [0.4, 0.5) is 5.69 Å². The molecule has 1 aliphatic heterocycles. The summed E-state index contributed by atoms with van der Waals surface area (Å²) in [6, 6.07) is 8.78. The van der Waals surface area contributed by atoms with Crippen LogP contribution in [-0.4, -0.2) is 20.1 Å². The van der Waals surface area contributed by atoms with Crippen LogP contribution in [0.25, 0.3) is 0 Å². The highest BCUT2D eigenvalue weighted by molar-refractivity contribution is 6.42. The standard InChI is InChI=1S/C16H13Cl2NO3/c1-21-13-6-3-9-8-19(16(20)14(9)15(13)22-2)10-4-5-11(17)12(18)7-10/h3-7H,8H2,1-2H3. The van der Waals surface area contributed by atoms with Crippen molar-refractivity contribution >= 4 is 34.8 Å². The molecule has 4 nitrogen and oxygen atoms in total. The molecule has 6 heteroatoms. The number of ether oxygens (including phenoxy) is 2. The van der Waals surface area contributed by atoms with Crippen molar-refractivity contribution in [1.29, 1.82) is 0 Å². The zero-order valence-electron chi connectivity index (χ0n) is 12.0. The maximum Gasteiger partial charge on any atom is 0.262 e. The van der Waals surface area contributed by atoms with Crippen LogP contribution < -0.4 is 14.4 Å². The van der Waals surface area contributed by atoms with Gasteiger partial charge in [-0.1, -0.05) is 29.3 Å². The van der Waals surface area contributed by atoms with Gasteiger partial charge < -0.3 is 14.4 Å². The molecule has 2 aromatic carbocycles. The first-order valence-corrected chi connectivity index (χ1v) is 7.33. The summed E-state index contributed by atoms with van der Waals surface area (Å²) in [7, 11) is 3.06. The van der Waals surface area contributed by atoms with Gasteiger partial charge >= 0.3 is 0 Å². The van der Waals surface area contributed by atoms with Crippen molar-refractivity contribution in [3.8, 4) is 11.5 Å². The quantitative estimate of drug-likeness (QED) is 0.843. The number of hydrogen-bond donors (Lipinski definition) is 0. The Kier molecular flexibility index (Phi) is 3.89. The molecule has 0 radical (unpaired) electrons. The number of methoxy groups -OCH3 is 2. The predicted octanol–water partition coefficient (Wildman–Crippen LogP) is 4.17. The first-order chi connectivity index (χ1) is 10.6. The highest BCUT2D eigenvalue weighted by Gasteiger charge is 2.33. The summed E-state index contributed by atoms with van der Waals surface area (Å²) < 4.78 is 10.6. The minimum Gasteiger partial charge on any atom is -0.493 e. The van der Waals surface area contributed by atoms with E-state index in [0.717, 1.165) is 5.56 Å². The van der Waals surface area contributed by atoms with Crippen LogP contribution in [0.15, 0.2) is 30.3 Å². The third-order valence-electron chi connectivity index (χ3n) is 3.63. The van der Waals surface area contributed by atoms with Crippen molar-refractivity contribution < 1.29 is 14.3 Å². The molecular weight excluding hydrogens is 325 g/mol. The summed E-state index contributed by atoms with van der Waals surface area (Å²) >= 11 is 12.0. The molecule has 0 saturated carbocycles. The van der Waals surface area contributed by atoms with E-state index < -0.39 is 0 Å². The number of rotatable bonds is 3. The van der Waals surface area contributed by atoms with Gasteiger partial charge in [0.1, 0.15) is 0 Å². The van der Waals surface area contributed by atoms with Gasteiger partial charge in [-0.25, -0.2) is 0 Å². The lowest BCUT2D eigenvalue weighted by atomic mass is 10.1. The number of halogens is 2. The number of amides is 1. The van der Waals surface area contributed by atoms with E-state index in [0.29, 0.717) is 39.3 Å². The minimum atomic E-state index is -0.149. The lowest BCUT2D eigenvalue weighted by Gasteiger charge is -2.16. The van der Waals surface area contributed by atoms with Gasteiger partial charge in [0, 0.05) is 5.69 Å². The Morgan fingerprint density at radius 3 is 2.45 bits per heavy atom. The van der Waals surface area contributed by atoms with Crippen LogP contribution in [0.3, 0.4) is 0 Å². The van der Waals surface area contributed by atoms with Gasteiger partial charge in [0.05, 0.1) is 36.4 Å². The van der Waals surface area contributed by atoms with Gasteiger partial charge in [-0.05, 0) is 29.8 Å². The second kappa shape index (κ2) is 5.71. The molecule has 114 valence electrons. The second-order valence-electron chi connectivity index (χ2n) is 4.82. The molecular formula is C16H13Cl2NO3. The number of nitrogens with zero attached hydrogens (tertiary/aromatic N) is 1. The number of fused-ring (bicyclic) bond motifs is 1. The van der Waals surface area contributed by atoms with Gasteiger partial charge in [-0.15, -0.1) is 0 Å². The number of carbonyl (C=O) groups excluding carboxylic acids is 1. The Hall–Kier alpha value is -1.91. The van der Waals surface area contributed by atoms with Crippen LogP contribution in [0.2, 0.25) is 10.0 Å². The molecule has 0 saturated heterocycles. The fourth-order valence-corrected chi connectivity index (χ4v) is 2.86. The first-order valence-electron chi connectivity index (χ1n) is 6.57. The molecule has 0 fully saturated rings. The van der Waals surface area contributed by atoms with Crippen LogP contribution >= 0.6 is 23.2 Å². The molecule has 0 spiro atoms. The van der Waals surface area contributed by atoms with Crippen LogP contribution in [0, 0.1) is 0 Å². The molecule has 22 heavy (non-hydrogen) atoms. The van der Waals surface area contributed by atoms with E-state index in [-0.39, 0.29) is 5.91 Å². The molecule has 3 rings (SSSR count). The topological polar surface area (TPSA) is 38.8 Å². The first kappa shape index (κ1) is 15.0. The highest BCUT2D eigenvalue weighted by Crippen LogP contribution is 2.40. The molecule has 0 aromatic heterocycles. The van der Waals surface area contributed by atoms with E-state index in [4.69, 9.17) is 32.7 Å². The second-order valence-corrected chi connectivity index (χ2v) is 5.64. The number of carbonyl (C=O) groups is 1. The summed E-state index contributed by atoms with van der Waals surface area (Å²) in [6.45, 7) is 0.451. The zero-order valence-corrected chi connectivity index (χ0v) is 13.5. The molecule has 1 amide bonds. The van der Waals surface area contributed by atoms with Crippen molar-refractivity contribution in [3.63, 3.8) is 0 Å². The summed E-state index contributed by atoms with van der Waals surface area (Å²) in [5, 5.41) is 0.862. The molecule has 1 heterocycles. The lowest BCUT2D eigenvalue weighted by molar-refractivity contribution is 0.0993. The minimum absolute atomic E-state index is 0.149. The monoisotopic (exact) mass is 337 g/mol. The summed E-state index contributed by atoms with van der Waals surface area (Å²) in [5.41, 5.74) is 2.10. The number of anilines is 1.